The third-order valence-electron chi connectivity index (χ3n) is 4.21. The van der Waals surface area contributed by atoms with Gasteiger partial charge in [0.15, 0.2) is 0 Å². The van der Waals surface area contributed by atoms with Gasteiger partial charge in [-0.15, -0.1) is 11.3 Å². The van der Waals surface area contributed by atoms with Crippen molar-refractivity contribution in [2.24, 2.45) is 5.41 Å². The Bertz CT molecular complexity index is 449. The van der Waals surface area contributed by atoms with Crippen molar-refractivity contribution in [1.29, 1.82) is 0 Å². The number of carbonyl (C=O) groups excluding carboxylic acids is 1. The van der Waals surface area contributed by atoms with Gasteiger partial charge in [-0.25, -0.2) is 0 Å². The fourth-order valence-electron chi connectivity index (χ4n) is 2.82. The molecular weight excluding hydrogens is 256 g/mol. The molecule has 1 aliphatic carbocycles. The number of hydrogen-bond acceptors (Lipinski definition) is 3. The van der Waals surface area contributed by atoms with Crippen LogP contribution in [0.25, 0.3) is 0 Å². The van der Waals surface area contributed by atoms with Crippen LogP contribution < -0.4 is 0 Å². The molecule has 106 valence electrons. The highest BCUT2D eigenvalue weighted by Crippen LogP contribution is 2.44. The lowest BCUT2D eigenvalue weighted by molar-refractivity contribution is -0.0578. The smallest absolute Gasteiger partial charge is 0.204 e. The zero-order valence-electron chi connectivity index (χ0n) is 12.4. The maximum absolute atomic E-state index is 12.8. The van der Waals surface area contributed by atoms with E-state index in [1.54, 1.807) is 11.3 Å². The molecule has 1 aromatic heterocycles. The Hall–Kier alpha value is -0.670. The van der Waals surface area contributed by atoms with Crippen LogP contribution in [0, 0.1) is 12.3 Å². The molecule has 0 N–H and O–H groups in total. The zero-order chi connectivity index (χ0) is 14.1. The van der Waals surface area contributed by atoms with E-state index in [0.717, 1.165) is 30.6 Å². The molecule has 1 aromatic rings. The molecule has 0 spiro atoms. The zero-order valence-corrected chi connectivity index (χ0v) is 13.2. The van der Waals surface area contributed by atoms with E-state index in [-0.39, 0.29) is 5.78 Å². The van der Waals surface area contributed by atoms with Gasteiger partial charge in [0, 0.05) is 11.5 Å². The van der Waals surface area contributed by atoms with E-state index in [0.29, 0.717) is 12.0 Å². The van der Waals surface area contributed by atoms with Gasteiger partial charge in [0.05, 0.1) is 4.88 Å². The van der Waals surface area contributed by atoms with Gasteiger partial charge in [0.25, 0.3) is 0 Å². The van der Waals surface area contributed by atoms with Crippen LogP contribution in [-0.4, -0.2) is 18.0 Å². The van der Waals surface area contributed by atoms with Gasteiger partial charge >= 0.3 is 0 Å². The predicted molar refractivity (Wildman–Crippen MR) is 80.0 cm³/mol. The quantitative estimate of drug-likeness (QED) is 0.753. The first kappa shape index (κ1) is 14.7. The second kappa shape index (κ2) is 5.37. The summed E-state index contributed by atoms with van der Waals surface area (Å²) >= 11 is 1.58. The van der Waals surface area contributed by atoms with Crippen molar-refractivity contribution in [2.45, 2.75) is 59.0 Å². The summed E-state index contributed by atoms with van der Waals surface area (Å²) in [5.41, 5.74) is -0.228. The summed E-state index contributed by atoms with van der Waals surface area (Å²) in [4.78, 5) is 14.9. The van der Waals surface area contributed by atoms with Crippen molar-refractivity contribution in [2.75, 3.05) is 6.61 Å². The van der Waals surface area contributed by atoms with Crippen molar-refractivity contribution in [3.05, 3.63) is 21.9 Å². The third-order valence-corrected chi connectivity index (χ3v) is 5.21. The van der Waals surface area contributed by atoms with E-state index < -0.39 is 5.60 Å². The average Bonchev–Trinajstić information content (AvgIpc) is 2.78. The summed E-state index contributed by atoms with van der Waals surface area (Å²) in [6.07, 6.45) is 3.82. The maximum atomic E-state index is 12.8. The summed E-state index contributed by atoms with van der Waals surface area (Å²) in [5.74, 6) is 0.197. The number of hydrogen-bond donors (Lipinski definition) is 0. The molecule has 1 fully saturated rings. The van der Waals surface area contributed by atoms with Crippen molar-refractivity contribution in [3.63, 3.8) is 0 Å². The highest BCUT2D eigenvalue weighted by molar-refractivity contribution is 7.14. The van der Waals surface area contributed by atoms with Gasteiger partial charge in [-0.2, -0.15) is 0 Å². The van der Waals surface area contributed by atoms with Gasteiger partial charge in [0.1, 0.15) is 5.60 Å². The Balaban J connectivity index is 2.23. The van der Waals surface area contributed by atoms with Crippen LogP contribution >= 0.6 is 11.3 Å². The lowest BCUT2D eigenvalue weighted by Gasteiger charge is -2.42. The molecule has 0 bridgehead atoms. The van der Waals surface area contributed by atoms with Crippen LogP contribution in [0.1, 0.15) is 61.0 Å². The molecule has 2 rings (SSSR count). The first-order chi connectivity index (χ1) is 8.88. The van der Waals surface area contributed by atoms with Gasteiger partial charge in [-0.05, 0) is 57.1 Å². The van der Waals surface area contributed by atoms with Crippen LogP contribution in [-0.2, 0) is 4.74 Å². The van der Waals surface area contributed by atoms with Crippen LogP contribution in [0.3, 0.4) is 0 Å². The molecule has 1 saturated carbocycles. The van der Waals surface area contributed by atoms with Crippen LogP contribution in [0.4, 0.5) is 0 Å². The molecule has 1 heterocycles. The third kappa shape index (κ3) is 3.09. The SMILES string of the molecule is CCOC1(C(=O)c2ccc(C)s2)CCC(C)(C)CC1. The monoisotopic (exact) mass is 280 g/mol. The number of aryl methyl sites for hydroxylation is 1. The first-order valence-corrected chi connectivity index (χ1v) is 7.95. The van der Waals surface area contributed by atoms with E-state index in [1.165, 1.54) is 4.88 Å². The average molecular weight is 280 g/mol. The van der Waals surface area contributed by atoms with Gasteiger partial charge in [-0.1, -0.05) is 13.8 Å². The maximum Gasteiger partial charge on any atom is 0.204 e. The Morgan fingerprint density at radius 1 is 1.26 bits per heavy atom. The van der Waals surface area contributed by atoms with Crippen molar-refractivity contribution in [3.8, 4) is 0 Å². The number of rotatable bonds is 4. The molecule has 0 aliphatic heterocycles. The Morgan fingerprint density at radius 3 is 2.37 bits per heavy atom. The molecule has 19 heavy (non-hydrogen) atoms. The van der Waals surface area contributed by atoms with E-state index in [2.05, 4.69) is 13.8 Å². The number of ether oxygens (including phenoxy) is 1. The first-order valence-electron chi connectivity index (χ1n) is 7.14. The minimum Gasteiger partial charge on any atom is -0.367 e. The van der Waals surface area contributed by atoms with Gasteiger partial charge in [-0.3, -0.25) is 4.79 Å². The Kier molecular flexibility index (Phi) is 4.17. The lowest BCUT2D eigenvalue weighted by atomic mass is 9.69. The standard InChI is InChI=1S/C16H24O2S/c1-5-18-16(10-8-15(3,4)9-11-16)14(17)13-7-6-12(2)19-13/h6-7H,5,8-11H2,1-4H3. The highest BCUT2D eigenvalue weighted by Gasteiger charge is 2.45. The number of carbonyl (C=O) groups is 1. The molecule has 0 aromatic carbocycles. The van der Waals surface area contributed by atoms with Crippen molar-refractivity contribution in [1.82, 2.24) is 0 Å². The number of ketones is 1. The molecule has 0 unspecified atom stereocenters. The predicted octanol–water partition coefficient (Wildman–Crippen LogP) is 4.61. The topological polar surface area (TPSA) is 26.3 Å². The number of thiophene rings is 1. The van der Waals surface area contributed by atoms with Crippen LogP contribution in [0.15, 0.2) is 12.1 Å². The molecule has 1 aliphatic rings. The highest BCUT2D eigenvalue weighted by atomic mass is 32.1. The minimum atomic E-state index is -0.568. The van der Waals surface area contributed by atoms with E-state index in [1.807, 2.05) is 26.0 Å². The largest absolute Gasteiger partial charge is 0.367 e. The normalized spacial score (nSPS) is 21.3. The van der Waals surface area contributed by atoms with E-state index in [4.69, 9.17) is 4.74 Å². The van der Waals surface area contributed by atoms with Crippen molar-refractivity contribution >= 4 is 17.1 Å². The van der Waals surface area contributed by atoms with E-state index >= 15 is 0 Å². The molecular formula is C16H24O2S. The van der Waals surface area contributed by atoms with Crippen LogP contribution in [0.2, 0.25) is 0 Å². The van der Waals surface area contributed by atoms with Crippen LogP contribution in [0.5, 0.6) is 0 Å². The van der Waals surface area contributed by atoms with Crippen molar-refractivity contribution < 1.29 is 9.53 Å². The lowest BCUT2D eigenvalue weighted by Crippen LogP contribution is -2.46. The molecule has 0 saturated heterocycles. The number of Topliss-reactive ketones (excluding diaryl/α,β-unsaturated/α-hetero) is 1. The molecule has 2 nitrogen and oxygen atoms in total. The van der Waals surface area contributed by atoms with Gasteiger partial charge in [0.2, 0.25) is 5.78 Å². The molecule has 0 amide bonds. The summed E-state index contributed by atoms with van der Waals surface area (Å²) in [5, 5.41) is 0. The molecule has 3 heteroatoms. The van der Waals surface area contributed by atoms with E-state index in [9.17, 15) is 4.79 Å². The summed E-state index contributed by atoms with van der Waals surface area (Å²) in [6, 6.07) is 3.97. The summed E-state index contributed by atoms with van der Waals surface area (Å²) in [6.45, 7) is 9.19. The fourth-order valence-corrected chi connectivity index (χ4v) is 3.72. The Morgan fingerprint density at radius 2 is 1.89 bits per heavy atom. The van der Waals surface area contributed by atoms with Gasteiger partial charge < -0.3 is 4.74 Å². The summed E-state index contributed by atoms with van der Waals surface area (Å²) < 4.78 is 5.95. The minimum absolute atomic E-state index is 0.197. The fraction of sp³-hybridized carbons (Fsp3) is 0.688. The second-order valence-electron chi connectivity index (χ2n) is 6.33. The molecule has 0 radical (unpaired) electrons. The second-order valence-corrected chi connectivity index (χ2v) is 7.62. The summed E-state index contributed by atoms with van der Waals surface area (Å²) in [7, 11) is 0. The Labute approximate surface area is 120 Å². The molecule has 0 atom stereocenters.